The molecule has 0 aromatic heterocycles. The number of aryl methyl sites for hydroxylation is 1. The van der Waals surface area contributed by atoms with Gasteiger partial charge in [-0.05, 0) is 18.6 Å². The molecular formula is C13H17NO5. The predicted molar refractivity (Wildman–Crippen MR) is 68.1 cm³/mol. The normalized spacial score (nSPS) is 9.68. The third-order valence-electron chi connectivity index (χ3n) is 2.66. The molecule has 0 saturated carbocycles. The van der Waals surface area contributed by atoms with Gasteiger partial charge in [0.1, 0.15) is 11.5 Å². The van der Waals surface area contributed by atoms with Crippen molar-refractivity contribution in [1.29, 1.82) is 0 Å². The lowest BCUT2D eigenvalue weighted by Gasteiger charge is -2.14. The first-order valence-corrected chi connectivity index (χ1v) is 5.61. The number of nitrogens with one attached hydrogen (secondary N) is 1. The second-order valence-corrected chi connectivity index (χ2v) is 3.80. The molecule has 0 fully saturated rings. The molecule has 0 spiro atoms. The highest BCUT2D eigenvalue weighted by atomic mass is 16.5. The van der Waals surface area contributed by atoms with Crippen LogP contribution < -0.4 is 14.8 Å². The SMILES string of the molecule is COC(=O)C(=O)NCc1c(C)cc(OC)cc1OC. The van der Waals surface area contributed by atoms with Gasteiger partial charge in [-0.15, -0.1) is 0 Å². The monoisotopic (exact) mass is 267 g/mol. The van der Waals surface area contributed by atoms with Gasteiger partial charge in [0.25, 0.3) is 0 Å². The maximum Gasteiger partial charge on any atom is 0.396 e. The van der Waals surface area contributed by atoms with Crippen LogP contribution in [0.25, 0.3) is 0 Å². The first-order chi connectivity index (χ1) is 9.03. The van der Waals surface area contributed by atoms with Crippen LogP contribution in [0.3, 0.4) is 0 Å². The smallest absolute Gasteiger partial charge is 0.396 e. The number of methoxy groups -OCH3 is 3. The molecule has 0 atom stereocenters. The van der Waals surface area contributed by atoms with Crippen LogP contribution in [0.5, 0.6) is 11.5 Å². The van der Waals surface area contributed by atoms with E-state index in [4.69, 9.17) is 9.47 Å². The number of ether oxygens (including phenoxy) is 3. The molecule has 6 nitrogen and oxygen atoms in total. The number of hydrogen-bond acceptors (Lipinski definition) is 5. The van der Waals surface area contributed by atoms with E-state index < -0.39 is 11.9 Å². The fourth-order valence-corrected chi connectivity index (χ4v) is 1.61. The van der Waals surface area contributed by atoms with Crippen LogP contribution in [-0.4, -0.2) is 33.2 Å². The van der Waals surface area contributed by atoms with Crippen molar-refractivity contribution in [2.24, 2.45) is 0 Å². The highest BCUT2D eigenvalue weighted by Gasteiger charge is 2.15. The van der Waals surface area contributed by atoms with E-state index in [-0.39, 0.29) is 6.54 Å². The highest BCUT2D eigenvalue weighted by molar-refractivity contribution is 6.32. The molecule has 0 heterocycles. The van der Waals surface area contributed by atoms with E-state index in [9.17, 15) is 9.59 Å². The van der Waals surface area contributed by atoms with Gasteiger partial charge in [-0.1, -0.05) is 0 Å². The lowest BCUT2D eigenvalue weighted by Crippen LogP contribution is -2.31. The molecule has 19 heavy (non-hydrogen) atoms. The number of amides is 1. The maximum atomic E-state index is 11.3. The Morgan fingerprint density at radius 2 is 1.84 bits per heavy atom. The predicted octanol–water partition coefficient (Wildman–Crippen LogP) is 0.801. The van der Waals surface area contributed by atoms with Gasteiger partial charge in [-0.25, -0.2) is 4.79 Å². The van der Waals surface area contributed by atoms with Gasteiger partial charge < -0.3 is 19.5 Å². The largest absolute Gasteiger partial charge is 0.497 e. The summed E-state index contributed by atoms with van der Waals surface area (Å²) in [6.45, 7) is 2.04. The molecule has 0 radical (unpaired) electrons. The van der Waals surface area contributed by atoms with Crippen molar-refractivity contribution in [2.75, 3.05) is 21.3 Å². The average molecular weight is 267 g/mol. The lowest BCUT2D eigenvalue weighted by atomic mass is 10.1. The third-order valence-corrected chi connectivity index (χ3v) is 2.66. The van der Waals surface area contributed by atoms with E-state index >= 15 is 0 Å². The summed E-state index contributed by atoms with van der Waals surface area (Å²) in [5.41, 5.74) is 1.67. The molecule has 1 aromatic carbocycles. The number of rotatable bonds is 4. The van der Waals surface area contributed by atoms with Crippen molar-refractivity contribution in [3.05, 3.63) is 23.3 Å². The Morgan fingerprint density at radius 3 is 2.37 bits per heavy atom. The van der Waals surface area contributed by atoms with Crippen LogP contribution in [0, 0.1) is 6.92 Å². The molecule has 1 N–H and O–H groups in total. The Kier molecular flexibility index (Phi) is 5.17. The zero-order valence-electron chi connectivity index (χ0n) is 11.4. The number of carbonyl (C=O) groups is 2. The summed E-state index contributed by atoms with van der Waals surface area (Å²) in [5, 5.41) is 2.47. The molecule has 0 aliphatic carbocycles. The second kappa shape index (κ2) is 6.63. The van der Waals surface area contributed by atoms with Gasteiger partial charge >= 0.3 is 11.9 Å². The van der Waals surface area contributed by atoms with Crippen LogP contribution >= 0.6 is 0 Å². The van der Waals surface area contributed by atoms with Gasteiger partial charge in [0.05, 0.1) is 21.3 Å². The van der Waals surface area contributed by atoms with E-state index in [1.54, 1.807) is 13.2 Å². The minimum atomic E-state index is -0.926. The van der Waals surface area contributed by atoms with Crippen LogP contribution in [0.2, 0.25) is 0 Å². The quantitative estimate of drug-likeness (QED) is 0.645. The summed E-state index contributed by atoms with van der Waals surface area (Å²) in [6, 6.07) is 3.54. The van der Waals surface area contributed by atoms with Crippen molar-refractivity contribution in [1.82, 2.24) is 5.32 Å². The fraction of sp³-hybridized carbons (Fsp3) is 0.385. The molecule has 0 saturated heterocycles. The number of benzene rings is 1. The van der Waals surface area contributed by atoms with Crippen molar-refractivity contribution in [3.8, 4) is 11.5 Å². The topological polar surface area (TPSA) is 73.9 Å². The van der Waals surface area contributed by atoms with Gasteiger partial charge in [-0.3, -0.25) is 4.79 Å². The summed E-state index contributed by atoms with van der Waals surface area (Å²) in [4.78, 5) is 22.3. The standard InChI is InChI=1S/C13H17NO5/c1-8-5-9(17-2)6-11(18-3)10(8)7-14-12(15)13(16)19-4/h5-6H,7H2,1-4H3,(H,14,15). The summed E-state index contributed by atoms with van der Waals surface area (Å²) in [7, 11) is 4.24. The minimum absolute atomic E-state index is 0.174. The van der Waals surface area contributed by atoms with Gasteiger partial charge in [0, 0.05) is 18.2 Å². The lowest BCUT2D eigenvalue weighted by molar-refractivity contribution is -0.152. The average Bonchev–Trinajstić information content (AvgIpc) is 2.43. The Bertz CT molecular complexity index is 484. The van der Waals surface area contributed by atoms with Crippen molar-refractivity contribution >= 4 is 11.9 Å². The van der Waals surface area contributed by atoms with Crippen LogP contribution in [0.1, 0.15) is 11.1 Å². The van der Waals surface area contributed by atoms with E-state index in [0.29, 0.717) is 11.5 Å². The Morgan fingerprint density at radius 1 is 1.16 bits per heavy atom. The van der Waals surface area contributed by atoms with Crippen LogP contribution in [-0.2, 0) is 20.9 Å². The molecule has 1 aromatic rings. The first-order valence-electron chi connectivity index (χ1n) is 5.61. The molecule has 104 valence electrons. The third kappa shape index (κ3) is 3.61. The van der Waals surface area contributed by atoms with E-state index in [1.165, 1.54) is 7.11 Å². The van der Waals surface area contributed by atoms with Gasteiger partial charge in [-0.2, -0.15) is 0 Å². The summed E-state index contributed by atoms with van der Waals surface area (Å²) < 4.78 is 14.7. The van der Waals surface area contributed by atoms with Crippen molar-refractivity contribution < 1.29 is 23.8 Å². The molecule has 1 rings (SSSR count). The van der Waals surface area contributed by atoms with E-state index in [2.05, 4.69) is 10.1 Å². The summed E-state index contributed by atoms with van der Waals surface area (Å²) in [5.74, 6) is -0.468. The molecule has 0 bridgehead atoms. The summed E-state index contributed by atoms with van der Waals surface area (Å²) in [6.07, 6.45) is 0. The van der Waals surface area contributed by atoms with Gasteiger partial charge in [0.2, 0.25) is 0 Å². The summed E-state index contributed by atoms with van der Waals surface area (Å²) >= 11 is 0. The van der Waals surface area contributed by atoms with Crippen LogP contribution in [0.15, 0.2) is 12.1 Å². The van der Waals surface area contributed by atoms with E-state index in [1.807, 2.05) is 13.0 Å². The molecule has 0 aliphatic rings. The molecule has 6 heteroatoms. The molecular weight excluding hydrogens is 250 g/mol. The maximum absolute atomic E-state index is 11.3. The van der Waals surface area contributed by atoms with Gasteiger partial charge in [0.15, 0.2) is 0 Å². The number of carbonyl (C=O) groups excluding carboxylic acids is 2. The second-order valence-electron chi connectivity index (χ2n) is 3.80. The van der Waals surface area contributed by atoms with Crippen molar-refractivity contribution in [2.45, 2.75) is 13.5 Å². The van der Waals surface area contributed by atoms with Crippen molar-refractivity contribution in [3.63, 3.8) is 0 Å². The highest BCUT2D eigenvalue weighted by Crippen LogP contribution is 2.28. The fourth-order valence-electron chi connectivity index (χ4n) is 1.61. The zero-order valence-corrected chi connectivity index (χ0v) is 11.4. The number of esters is 1. The Balaban J connectivity index is 2.89. The number of hydrogen-bond donors (Lipinski definition) is 1. The molecule has 0 aliphatic heterocycles. The Labute approximate surface area is 111 Å². The molecule has 0 unspecified atom stereocenters. The van der Waals surface area contributed by atoms with E-state index in [0.717, 1.165) is 18.2 Å². The minimum Gasteiger partial charge on any atom is -0.497 e. The zero-order chi connectivity index (χ0) is 14.4. The Hall–Kier alpha value is -2.24. The van der Waals surface area contributed by atoms with Crippen LogP contribution in [0.4, 0.5) is 0 Å². The first kappa shape index (κ1) is 14.8. The molecule has 1 amide bonds.